The van der Waals surface area contributed by atoms with E-state index in [0.29, 0.717) is 12.4 Å². The summed E-state index contributed by atoms with van der Waals surface area (Å²) in [5.74, 6) is 0.317. The zero-order valence-corrected chi connectivity index (χ0v) is 11.6. The molecule has 2 rings (SSSR count). The van der Waals surface area contributed by atoms with E-state index in [-0.39, 0.29) is 11.1 Å². The van der Waals surface area contributed by atoms with Crippen molar-refractivity contribution in [1.29, 1.82) is 0 Å². The third kappa shape index (κ3) is 3.08. The van der Waals surface area contributed by atoms with Gasteiger partial charge < -0.3 is 5.32 Å². The van der Waals surface area contributed by atoms with Gasteiger partial charge in [-0.25, -0.2) is 4.98 Å². The van der Waals surface area contributed by atoms with E-state index < -0.39 is 4.92 Å². The van der Waals surface area contributed by atoms with E-state index >= 15 is 0 Å². The molecule has 0 atom stereocenters. The van der Waals surface area contributed by atoms with Crippen molar-refractivity contribution in [3.8, 4) is 0 Å². The van der Waals surface area contributed by atoms with Crippen molar-refractivity contribution in [3.05, 3.63) is 50.8 Å². The van der Waals surface area contributed by atoms with E-state index in [1.165, 1.54) is 10.9 Å². The smallest absolute Gasteiger partial charge is 0.311 e. The summed E-state index contributed by atoms with van der Waals surface area (Å²) in [6.07, 6.45) is 1.55. The molecule has 0 bridgehead atoms. The van der Waals surface area contributed by atoms with Crippen LogP contribution in [-0.4, -0.2) is 16.5 Å². The van der Waals surface area contributed by atoms with Gasteiger partial charge in [0.05, 0.1) is 4.92 Å². The minimum atomic E-state index is -0.423. The van der Waals surface area contributed by atoms with Crippen LogP contribution in [0.2, 0.25) is 0 Å². The Morgan fingerprint density at radius 1 is 1.42 bits per heavy atom. The molecule has 0 aliphatic rings. The largest absolute Gasteiger partial charge is 0.363 e. The lowest BCUT2D eigenvalue weighted by atomic mass is 9.91. The molecule has 0 radical (unpaired) electrons. The lowest BCUT2D eigenvalue weighted by molar-refractivity contribution is -0.384. The van der Waals surface area contributed by atoms with Gasteiger partial charge in [0.2, 0.25) is 5.82 Å². The number of pyridine rings is 1. The zero-order valence-electron chi connectivity index (χ0n) is 10.8. The molecule has 0 aromatic carbocycles. The average Bonchev–Trinajstić information content (AvgIpc) is 2.91. The van der Waals surface area contributed by atoms with Crippen LogP contribution in [0.15, 0.2) is 35.8 Å². The first-order valence-electron chi connectivity index (χ1n) is 5.88. The highest BCUT2D eigenvalue weighted by Crippen LogP contribution is 2.29. The summed E-state index contributed by atoms with van der Waals surface area (Å²) in [5, 5.41) is 16.0. The van der Waals surface area contributed by atoms with E-state index in [2.05, 4.69) is 30.2 Å². The van der Waals surface area contributed by atoms with Crippen molar-refractivity contribution in [2.45, 2.75) is 19.3 Å². The fourth-order valence-corrected chi connectivity index (χ4v) is 2.59. The quantitative estimate of drug-likeness (QED) is 0.671. The van der Waals surface area contributed by atoms with Gasteiger partial charge in [-0.15, -0.1) is 11.3 Å². The van der Waals surface area contributed by atoms with Gasteiger partial charge in [0.25, 0.3) is 0 Å². The molecule has 0 saturated heterocycles. The fourth-order valence-electron chi connectivity index (χ4n) is 1.74. The van der Waals surface area contributed by atoms with Crippen LogP contribution >= 0.6 is 11.3 Å². The molecule has 1 N–H and O–H groups in total. The number of rotatable bonds is 5. The molecule has 5 nitrogen and oxygen atoms in total. The zero-order chi connectivity index (χ0) is 13.9. The summed E-state index contributed by atoms with van der Waals surface area (Å²) >= 11 is 1.68. The number of nitrogens with zero attached hydrogens (tertiary/aromatic N) is 2. The Kier molecular flexibility index (Phi) is 3.80. The van der Waals surface area contributed by atoms with Gasteiger partial charge in [-0.3, -0.25) is 10.1 Å². The molecule has 0 aliphatic carbocycles. The number of nitrogens with one attached hydrogen (secondary N) is 1. The number of thiophene rings is 1. The first-order chi connectivity index (χ1) is 9.00. The van der Waals surface area contributed by atoms with E-state index in [1.807, 2.05) is 11.4 Å². The Morgan fingerprint density at radius 2 is 2.21 bits per heavy atom. The monoisotopic (exact) mass is 277 g/mol. The van der Waals surface area contributed by atoms with Crippen LogP contribution in [-0.2, 0) is 5.41 Å². The number of aromatic nitrogens is 1. The van der Waals surface area contributed by atoms with Gasteiger partial charge in [0.1, 0.15) is 0 Å². The van der Waals surface area contributed by atoms with Gasteiger partial charge in [-0.1, -0.05) is 19.9 Å². The fraction of sp³-hybridized carbons (Fsp3) is 0.308. The molecular formula is C13H15N3O2S. The van der Waals surface area contributed by atoms with Crippen LogP contribution < -0.4 is 5.32 Å². The normalized spacial score (nSPS) is 11.3. The second kappa shape index (κ2) is 5.36. The summed E-state index contributed by atoms with van der Waals surface area (Å²) in [6, 6.07) is 7.09. The van der Waals surface area contributed by atoms with Crippen molar-refractivity contribution in [2.24, 2.45) is 0 Å². The summed E-state index contributed by atoms with van der Waals surface area (Å²) < 4.78 is 0. The Labute approximate surface area is 115 Å². The molecule has 6 heteroatoms. The molecular weight excluding hydrogens is 262 g/mol. The first kappa shape index (κ1) is 13.5. The molecule has 2 aromatic heterocycles. The van der Waals surface area contributed by atoms with Gasteiger partial charge in [-0.05, 0) is 17.5 Å². The van der Waals surface area contributed by atoms with Crippen molar-refractivity contribution in [3.63, 3.8) is 0 Å². The SMILES string of the molecule is CC(C)(CNc1ncccc1[N+](=O)[O-])c1cccs1. The van der Waals surface area contributed by atoms with Crippen molar-refractivity contribution < 1.29 is 4.92 Å². The predicted molar refractivity (Wildman–Crippen MR) is 76.7 cm³/mol. The molecule has 100 valence electrons. The Morgan fingerprint density at radius 3 is 2.84 bits per heavy atom. The maximum absolute atomic E-state index is 10.9. The van der Waals surface area contributed by atoms with Gasteiger partial charge >= 0.3 is 5.69 Å². The van der Waals surface area contributed by atoms with Crippen molar-refractivity contribution in [1.82, 2.24) is 4.98 Å². The summed E-state index contributed by atoms with van der Waals surface area (Å²) in [5.41, 5.74) is -0.0935. The van der Waals surface area contributed by atoms with Crippen LogP contribution in [0.5, 0.6) is 0 Å². The average molecular weight is 277 g/mol. The molecule has 0 saturated carbocycles. The molecule has 2 heterocycles. The molecule has 0 spiro atoms. The van der Waals surface area contributed by atoms with Crippen molar-refractivity contribution >= 4 is 22.8 Å². The lowest BCUT2D eigenvalue weighted by Crippen LogP contribution is -2.27. The maximum atomic E-state index is 10.9. The molecule has 0 unspecified atom stereocenters. The van der Waals surface area contributed by atoms with E-state index in [0.717, 1.165) is 0 Å². The topological polar surface area (TPSA) is 68.1 Å². The van der Waals surface area contributed by atoms with Crippen molar-refractivity contribution in [2.75, 3.05) is 11.9 Å². The second-order valence-electron chi connectivity index (χ2n) is 4.84. The molecule has 19 heavy (non-hydrogen) atoms. The number of hydrogen-bond donors (Lipinski definition) is 1. The first-order valence-corrected chi connectivity index (χ1v) is 6.76. The van der Waals surface area contributed by atoms with Gasteiger partial charge in [0, 0.05) is 29.1 Å². The molecule has 0 aliphatic heterocycles. The van der Waals surface area contributed by atoms with Gasteiger partial charge in [-0.2, -0.15) is 0 Å². The Bertz CT molecular complexity index is 567. The van der Waals surface area contributed by atoms with Crippen LogP contribution in [0.3, 0.4) is 0 Å². The third-order valence-electron chi connectivity index (χ3n) is 2.87. The molecule has 2 aromatic rings. The number of anilines is 1. The minimum Gasteiger partial charge on any atom is -0.363 e. The Balaban J connectivity index is 2.13. The van der Waals surface area contributed by atoms with E-state index in [1.54, 1.807) is 23.6 Å². The van der Waals surface area contributed by atoms with Crippen LogP contribution in [0, 0.1) is 10.1 Å². The molecule has 0 fully saturated rings. The second-order valence-corrected chi connectivity index (χ2v) is 5.79. The highest BCUT2D eigenvalue weighted by atomic mass is 32.1. The highest BCUT2D eigenvalue weighted by Gasteiger charge is 2.23. The van der Waals surface area contributed by atoms with Crippen LogP contribution in [0.1, 0.15) is 18.7 Å². The number of hydrogen-bond acceptors (Lipinski definition) is 5. The molecule has 0 amide bonds. The predicted octanol–water partition coefficient (Wildman–Crippen LogP) is 3.44. The van der Waals surface area contributed by atoms with Gasteiger partial charge in [0.15, 0.2) is 0 Å². The van der Waals surface area contributed by atoms with E-state index in [4.69, 9.17) is 0 Å². The summed E-state index contributed by atoms with van der Waals surface area (Å²) in [6.45, 7) is 4.78. The number of nitro groups is 1. The minimum absolute atomic E-state index is 0.00415. The van der Waals surface area contributed by atoms with E-state index in [9.17, 15) is 10.1 Å². The van der Waals surface area contributed by atoms with Crippen LogP contribution in [0.4, 0.5) is 11.5 Å². The van der Waals surface area contributed by atoms with Crippen LogP contribution in [0.25, 0.3) is 0 Å². The standard InChI is InChI=1S/C13H15N3O2S/c1-13(2,11-6-4-8-19-11)9-15-12-10(16(17)18)5-3-7-14-12/h3-8H,9H2,1-2H3,(H,14,15). The highest BCUT2D eigenvalue weighted by molar-refractivity contribution is 7.10. The summed E-state index contributed by atoms with van der Waals surface area (Å²) in [4.78, 5) is 15.7. The lowest BCUT2D eigenvalue weighted by Gasteiger charge is -2.23. The Hall–Kier alpha value is -1.95. The maximum Gasteiger partial charge on any atom is 0.311 e. The summed E-state index contributed by atoms with van der Waals surface area (Å²) in [7, 11) is 0. The third-order valence-corrected chi connectivity index (χ3v) is 4.10.